The summed E-state index contributed by atoms with van der Waals surface area (Å²) in [6, 6.07) is 0. The zero-order chi connectivity index (χ0) is 40.1. The molecule has 0 fully saturated rings. The number of rotatable bonds is 40. The molecule has 316 valence electrons. The molecule has 0 aliphatic rings. The van der Waals surface area contributed by atoms with Gasteiger partial charge in [0, 0.05) is 19.3 Å². The third-order valence-electron chi connectivity index (χ3n) is 9.54. The van der Waals surface area contributed by atoms with E-state index in [2.05, 4.69) is 81.5 Å². The fraction of sp³-hybridized carbons (Fsp3) is 0.735. The predicted molar refractivity (Wildman–Crippen MR) is 233 cm³/mol. The molecule has 0 aliphatic heterocycles. The normalized spacial score (nSPS) is 12.6. The molecule has 0 spiro atoms. The van der Waals surface area contributed by atoms with E-state index in [1.54, 1.807) is 0 Å². The lowest BCUT2D eigenvalue weighted by Gasteiger charge is -2.18. The first-order chi connectivity index (χ1) is 27.0. The van der Waals surface area contributed by atoms with E-state index < -0.39 is 6.10 Å². The third kappa shape index (κ3) is 42.1. The van der Waals surface area contributed by atoms with Crippen molar-refractivity contribution < 1.29 is 28.6 Å². The van der Waals surface area contributed by atoms with Crippen LogP contribution in [0.3, 0.4) is 0 Å². The predicted octanol–water partition coefficient (Wildman–Crippen LogP) is 14.5. The summed E-state index contributed by atoms with van der Waals surface area (Å²) < 4.78 is 16.6. The van der Waals surface area contributed by atoms with Gasteiger partial charge in [0.05, 0.1) is 0 Å². The lowest BCUT2D eigenvalue weighted by Crippen LogP contribution is -2.30. The van der Waals surface area contributed by atoms with Crippen LogP contribution in [0.25, 0.3) is 0 Å². The summed E-state index contributed by atoms with van der Waals surface area (Å²) in [5.74, 6) is -0.955. The van der Waals surface area contributed by atoms with Crippen molar-refractivity contribution in [2.75, 3.05) is 13.2 Å². The summed E-state index contributed by atoms with van der Waals surface area (Å²) in [5.41, 5.74) is 0. The fourth-order valence-electron chi connectivity index (χ4n) is 6.12. The highest BCUT2D eigenvalue weighted by atomic mass is 16.6. The average molecular weight is 769 g/mol. The molecular weight excluding hydrogens is 685 g/mol. The summed E-state index contributed by atoms with van der Waals surface area (Å²) in [6.07, 6.45) is 52.1. The SMILES string of the molecule is CC/C=C\C/C=C\C/C=C\C/C=C\C/C=C\CCCC(=O)OCC(COC(=O)CCCCCCCCCCCC)OC(=O)CCCCCCCCCCCC. The Balaban J connectivity index is 4.43. The smallest absolute Gasteiger partial charge is 0.306 e. The number of allylic oxidation sites excluding steroid dienone is 10. The molecule has 55 heavy (non-hydrogen) atoms. The second-order valence-electron chi connectivity index (χ2n) is 14.9. The van der Waals surface area contributed by atoms with E-state index in [1.165, 1.54) is 89.9 Å². The van der Waals surface area contributed by atoms with Crippen LogP contribution in [0.1, 0.15) is 213 Å². The summed E-state index contributed by atoms with van der Waals surface area (Å²) in [5, 5.41) is 0. The van der Waals surface area contributed by atoms with Crippen molar-refractivity contribution in [1.82, 2.24) is 0 Å². The van der Waals surface area contributed by atoms with Gasteiger partial charge in [-0.25, -0.2) is 0 Å². The van der Waals surface area contributed by atoms with E-state index in [4.69, 9.17) is 14.2 Å². The molecule has 0 aromatic rings. The lowest BCUT2D eigenvalue weighted by molar-refractivity contribution is -0.167. The number of unbranched alkanes of at least 4 members (excludes halogenated alkanes) is 19. The van der Waals surface area contributed by atoms with Gasteiger partial charge in [-0.3, -0.25) is 14.4 Å². The summed E-state index contributed by atoms with van der Waals surface area (Å²) in [7, 11) is 0. The van der Waals surface area contributed by atoms with Crippen LogP contribution in [0.2, 0.25) is 0 Å². The van der Waals surface area contributed by atoms with Gasteiger partial charge in [0.25, 0.3) is 0 Å². The first-order valence-electron chi connectivity index (χ1n) is 22.8. The van der Waals surface area contributed by atoms with Gasteiger partial charge < -0.3 is 14.2 Å². The van der Waals surface area contributed by atoms with Gasteiger partial charge in [0.1, 0.15) is 13.2 Å². The largest absolute Gasteiger partial charge is 0.462 e. The third-order valence-corrected chi connectivity index (χ3v) is 9.54. The Labute approximate surface area is 339 Å². The second kappa shape index (κ2) is 43.8. The van der Waals surface area contributed by atoms with E-state index in [0.29, 0.717) is 19.3 Å². The van der Waals surface area contributed by atoms with Crippen LogP contribution in [0.15, 0.2) is 60.8 Å². The quantitative estimate of drug-likeness (QED) is 0.0267. The Hall–Kier alpha value is -2.89. The highest BCUT2D eigenvalue weighted by Gasteiger charge is 2.19. The van der Waals surface area contributed by atoms with Gasteiger partial charge in [-0.1, -0.05) is 197 Å². The van der Waals surface area contributed by atoms with Crippen LogP contribution in [0.5, 0.6) is 0 Å². The molecule has 0 amide bonds. The summed E-state index contributed by atoms with van der Waals surface area (Å²) >= 11 is 0. The minimum Gasteiger partial charge on any atom is -0.462 e. The van der Waals surface area contributed by atoms with Crippen LogP contribution in [-0.2, 0) is 28.6 Å². The van der Waals surface area contributed by atoms with Crippen molar-refractivity contribution in [1.29, 1.82) is 0 Å². The number of ether oxygens (including phenoxy) is 3. The van der Waals surface area contributed by atoms with Crippen LogP contribution in [0, 0.1) is 0 Å². The van der Waals surface area contributed by atoms with Crippen molar-refractivity contribution in [2.45, 2.75) is 219 Å². The maximum Gasteiger partial charge on any atom is 0.306 e. The Kier molecular flexibility index (Phi) is 41.5. The van der Waals surface area contributed by atoms with E-state index in [1.807, 2.05) is 0 Å². The average Bonchev–Trinajstić information content (AvgIpc) is 3.18. The zero-order valence-corrected chi connectivity index (χ0v) is 35.9. The Bertz CT molecular complexity index is 1020. The van der Waals surface area contributed by atoms with Crippen molar-refractivity contribution in [2.24, 2.45) is 0 Å². The van der Waals surface area contributed by atoms with Crippen molar-refractivity contribution >= 4 is 17.9 Å². The van der Waals surface area contributed by atoms with Crippen LogP contribution < -0.4 is 0 Å². The first-order valence-corrected chi connectivity index (χ1v) is 22.8. The highest BCUT2D eigenvalue weighted by molar-refractivity contribution is 5.71. The maximum atomic E-state index is 12.7. The lowest BCUT2D eigenvalue weighted by atomic mass is 10.1. The van der Waals surface area contributed by atoms with Gasteiger partial charge in [-0.2, -0.15) is 0 Å². The molecular formula is C49H84O6. The molecule has 6 heteroatoms. The molecule has 0 rings (SSSR count). The number of hydrogen-bond donors (Lipinski definition) is 0. The zero-order valence-electron chi connectivity index (χ0n) is 35.9. The first kappa shape index (κ1) is 52.1. The van der Waals surface area contributed by atoms with E-state index in [-0.39, 0.29) is 37.5 Å². The molecule has 6 nitrogen and oxygen atoms in total. The number of carbonyl (C=O) groups excluding carboxylic acids is 3. The molecule has 0 aromatic carbocycles. The van der Waals surface area contributed by atoms with Crippen molar-refractivity contribution in [3.8, 4) is 0 Å². The Morgan fingerprint density at radius 1 is 0.382 bits per heavy atom. The monoisotopic (exact) mass is 769 g/mol. The molecule has 0 aliphatic carbocycles. The van der Waals surface area contributed by atoms with Gasteiger partial charge >= 0.3 is 17.9 Å². The topological polar surface area (TPSA) is 78.9 Å². The molecule has 1 atom stereocenters. The molecule has 0 saturated carbocycles. The summed E-state index contributed by atoms with van der Waals surface area (Å²) in [4.78, 5) is 37.6. The van der Waals surface area contributed by atoms with Crippen LogP contribution in [-0.4, -0.2) is 37.2 Å². The maximum absolute atomic E-state index is 12.7. The number of hydrogen-bond acceptors (Lipinski definition) is 6. The minimum absolute atomic E-state index is 0.0896. The van der Waals surface area contributed by atoms with Gasteiger partial charge in [-0.15, -0.1) is 0 Å². The molecule has 0 N–H and O–H groups in total. The highest BCUT2D eigenvalue weighted by Crippen LogP contribution is 2.14. The number of esters is 3. The Morgan fingerprint density at radius 2 is 0.709 bits per heavy atom. The molecule has 0 heterocycles. The standard InChI is InChI=1S/C49H84O6/c1-4-7-10-13-16-19-22-23-24-25-26-27-28-31-33-36-39-42-48(51)54-45-46(55-49(52)43-40-37-34-30-21-18-15-12-9-6-3)44-53-47(50)41-38-35-32-29-20-17-14-11-8-5-2/h7,10,16,19,23-24,26-27,31,33,46H,4-6,8-9,11-15,17-18,20-22,25,28-30,32,34-45H2,1-3H3/b10-7-,19-16-,24-23-,27-26-,33-31-. The molecule has 0 bridgehead atoms. The minimum atomic E-state index is -0.790. The second-order valence-corrected chi connectivity index (χ2v) is 14.9. The Morgan fingerprint density at radius 3 is 1.11 bits per heavy atom. The van der Waals surface area contributed by atoms with Crippen LogP contribution >= 0.6 is 0 Å². The molecule has 0 radical (unpaired) electrons. The molecule has 0 aromatic heterocycles. The molecule has 1 unspecified atom stereocenters. The van der Waals surface area contributed by atoms with Gasteiger partial charge in [0.2, 0.25) is 0 Å². The fourth-order valence-corrected chi connectivity index (χ4v) is 6.12. The van der Waals surface area contributed by atoms with Crippen molar-refractivity contribution in [3.63, 3.8) is 0 Å². The van der Waals surface area contributed by atoms with Gasteiger partial charge in [0.15, 0.2) is 6.10 Å². The van der Waals surface area contributed by atoms with Crippen molar-refractivity contribution in [3.05, 3.63) is 60.8 Å². The number of carbonyl (C=O) groups is 3. The van der Waals surface area contributed by atoms with E-state index in [0.717, 1.165) is 77.0 Å². The van der Waals surface area contributed by atoms with Gasteiger partial charge in [-0.05, 0) is 57.8 Å². The summed E-state index contributed by atoms with van der Waals surface area (Å²) in [6.45, 7) is 6.43. The van der Waals surface area contributed by atoms with E-state index >= 15 is 0 Å². The molecule has 0 saturated heterocycles. The van der Waals surface area contributed by atoms with E-state index in [9.17, 15) is 14.4 Å². The van der Waals surface area contributed by atoms with Crippen LogP contribution in [0.4, 0.5) is 0 Å².